The highest BCUT2D eigenvalue weighted by Crippen LogP contribution is 2.17. The molecular formula is C11H11N3O4. The number of furan rings is 1. The van der Waals surface area contributed by atoms with Gasteiger partial charge in [-0.2, -0.15) is 5.10 Å². The normalized spacial score (nSPS) is 12.3. The van der Waals surface area contributed by atoms with Crippen LogP contribution < -0.4 is 0 Å². The second-order valence-corrected chi connectivity index (χ2v) is 3.88. The molecule has 0 saturated heterocycles. The molecule has 94 valence electrons. The summed E-state index contributed by atoms with van der Waals surface area (Å²) in [7, 11) is 0. The van der Waals surface area contributed by atoms with Gasteiger partial charge in [0.2, 0.25) is 0 Å². The Bertz CT molecular complexity index is 572. The molecule has 0 N–H and O–H groups in total. The highest BCUT2D eigenvalue weighted by Gasteiger charge is 2.12. The first kappa shape index (κ1) is 12.0. The molecule has 2 aromatic rings. The van der Waals surface area contributed by atoms with E-state index in [0.29, 0.717) is 18.1 Å². The zero-order chi connectivity index (χ0) is 13.1. The van der Waals surface area contributed by atoms with Gasteiger partial charge in [0.25, 0.3) is 0 Å². The smallest absolute Gasteiger partial charge is 0.307 e. The predicted molar refractivity (Wildman–Crippen MR) is 61.2 cm³/mol. The number of aldehydes is 1. The van der Waals surface area contributed by atoms with E-state index in [4.69, 9.17) is 4.42 Å². The molecule has 0 aromatic carbocycles. The summed E-state index contributed by atoms with van der Waals surface area (Å²) in [5.41, 5.74) is -0.0666. The van der Waals surface area contributed by atoms with Crippen molar-refractivity contribution in [1.82, 2.24) is 9.78 Å². The number of nitro groups is 1. The van der Waals surface area contributed by atoms with Gasteiger partial charge in [-0.05, 0) is 19.1 Å². The monoisotopic (exact) mass is 249 g/mol. The zero-order valence-electron chi connectivity index (χ0n) is 9.65. The average molecular weight is 249 g/mol. The lowest BCUT2D eigenvalue weighted by Crippen LogP contribution is -1.98. The van der Waals surface area contributed by atoms with Gasteiger partial charge in [-0.1, -0.05) is 0 Å². The molecule has 2 rings (SSSR count). The van der Waals surface area contributed by atoms with Crippen molar-refractivity contribution in [3.63, 3.8) is 0 Å². The van der Waals surface area contributed by atoms with Crippen molar-refractivity contribution in [1.29, 1.82) is 0 Å². The number of carbonyl (C=O) groups excluding carboxylic acids is 1. The molecule has 0 bridgehead atoms. The number of hydrogen-bond acceptors (Lipinski definition) is 5. The summed E-state index contributed by atoms with van der Waals surface area (Å²) in [6.45, 7) is 2.02. The minimum Gasteiger partial charge on any atom is -0.463 e. The molecule has 0 aliphatic carbocycles. The largest absolute Gasteiger partial charge is 0.463 e. The molecule has 0 amide bonds. The molecule has 0 radical (unpaired) electrons. The predicted octanol–water partition coefficient (Wildman–Crippen LogP) is 1.73. The van der Waals surface area contributed by atoms with Crippen molar-refractivity contribution in [2.75, 3.05) is 0 Å². The minimum absolute atomic E-state index is 0.0666. The van der Waals surface area contributed by atoms with Crippen molar-refractivity contribution < 1.29 is 14.1 Å². The zero-order valence-corrected chi connectivity index (χ0v) is 9.65. The van der Waals surface area contributed by atoms with Crippen molar-refractivity contribution >= 4 is 12.0 Å². The highest BCUT2D eigenvalue weighted by molar-refractivity contribution is 5.59. The summed E-state index contributed by atoms with van der Waals surface area (Å²) in [5.74, 6) is 0.865. The van der Waals surface area contributed by atoms with E-state index in [0.717, 1.165) is 6.29 Å². The van der Waals surface area contributed by atoms with E-state index in [9.17, 15) is 14.9 Å². The lowest BCUT2D eigenvalue weighted by Gasteiger charge is -1.99. The quantitative estimate of drug-likeness (QED) is 0.457. The summed E-state index contributed by atoms with van der Waals surface area (Å²) in [6.07, 6.45) is 3.30. The molecule has 2 heterocycles. The van der Waals surface area contributed by atoms with Crippen molar-refractivity contribution in [3.05, 3.63) is 46.2 Å². The van der Waals surface area contributed by atoms with E-state index >= 15 is 0 Å². The molecule has 7 nitrogen and oxygen atoms in total. The van der Waals surface area contributed by atoms with Crippen LogP contribution in [0.4, 0.5) is 5.69 Å². The Morgan fingerprint density at radius 1 is 1.61 bits per heavy atom. The van der Waals surface area contributed by atoms with Crippen LogP contribution >= 0.6 is 0 Å². The van der Waals surface area contributed by atoms with Gasteiger partial charge < -0.3 is 9.21 Å². The van der Waals surface area contributed by atoms with Gasteiger partial charge in [0, 0.05) is 0 Å². The van der Waals surface area contributed by atoms with E-state index in [1.54, 1.807) is 19.1 Å². The van der Waals surface area contributed by atoms with Crippen molar-refractivity contribution in [2.24, 2.45) is 0 Å². The Morgan fingerprint density at radius 3 is 3.00 bits per heavy atom. The standard InChI is InChI=1S/C11H11N3O4/c1-8(7-15)11-3-2-10(18-11)6-13-5-9(4-12-13)14(16)17/h2-5,7-8H,6H2,1H3. The Kier molecular flexibility index (Phi) is 3.22. The molecule has 0 spiro atoms. The fourth-order valence-corrected chi connectivity index (χ4v) is 1.48. The summed E-state index contributed by atoms with van der Waals surface area (Å²) < 4.78 is 6.86. The Labute approximate surface area is 102 Å². The van der Waals surface area contributed by atoms with Gasteiger partial charge in [-0.15, -0.1) is 0 Å². The maximum absolute atomic E-state index is 10.6. The van der Waals surface area contributed by atoms with Gasteiger partial charge in [-0.3, -0.25) is 14.8 Å². The van der Waals surface area contributed by atoms with Gasteiger partial charge in [-0.25, -0.2) is 0 Å². The summed E-state index contributed by atoms with van der Waals surface area (Å²) in [5, 5.41) is 14.3. The molecule has 7 heteroatoms. The third-order valence-electron chi connectivity index (χ3n) is 2.48. The summed E-state index contributed by atoms with van der Waals surface area (Å²) in [4.78, 5) is 20.6. The van der Waals surface area contributed by atoms with Gasteiger partial charge in [0.1, 0.15) is 30.2 Å². The first-order valence-electron chi connectivity index (χ1n) is 5.31. The molecule has 1 unspecified atom stereocenters. The Morgan fingerprint density at radius 2 is 2.39 bits per heavy atom. The van der Waals surface area contributed by atoms with Crippen LogP contribution in [0.3, 0.4) is 0 Å². The van der Waals surface area contributed by atoms with Crippen LogP contribution in [0.1, 0.15) is 24.4 Å². The SMILES string of the molecule is CC(C=O)c1ccc(Cn2cc([N+](=O)[O-])cn2)o1. The fourth-order valence-electron chi connectivity index (χ4n) is 1.48. The molecule has 2 aromatic heterocycles. The van der Waals surface area contributed by atoms with Crippen LogP contribution in [0.2, 0.25) is 0 Å². The highest BCUT2D eigenvalue weighted by atomic mass is 16.6. The van der Waals surface area contributed by atoms with Gasteiger partial charge >= 0.3 is 5.69 Å². The molecule has 0 fully saturated rings. The lowest BCUT2D eigenvalue weighted by molar-refractivity contribution is -0.385. The molecule has 1 atom stereocenters. The maximum Gasteiger partial charge on any atom is 0.307 e. The third-order valence-corrected chi connectivity index (χ3v) is 2.48. The molecule has 0 aliphatic heterocycles. The average Bonchev–Trinajstić information content (AvgIpc) is 2.98. The van der Waals surface area contributed by atoms with E-state index in [1.165, 1.54) is 17.1 Å². The van der Waals surface area contributed by atoms with E-state index < -0.39 is 4.92 Å². The Hall–Kier alpha value is -2.44. The Balaban J connectivity index is 2.11. The van der Waals surface area contributed by atoms with Crippen molar-refractivity contribution in [3.8, 4) is 0 Å². The van der Waals surface area contributed by atoms with E-state index in [-0.39, 0.29) is 11.6 Å². The second kappa shape index (κ2) is 4.82. The first-order chi connectivity index (χ1) is 8.60. The minimum atomic E-state index is -0.508. The van der Waals surface area contributed by atoms with Crippen LogP contribution in [-0.2, 0) is 11.3 Å². The second-order valence-electron chi connectivity index (χ2n) is 3.88. The number of carbonyl (C=O) groups is 1. The van der Waals surface area contributed by atoms with Crippen LogP contribution in [0.25, 0.3) is 0 Å². The molecule has 0 saturated carbocycles. The van der Waals surface area contributed by atoms with Gasteiger partial charge in [0.15, 0.2) is 0 Å². The van der Waals surface area contributed by atoms with Gasteiger partial charge in [0.05, 0.1) is 17.4 Å². The fraction of sp³-hybridized carbons (Fsp3) is 0.273. The molecule has 18 heavy (non-hydrogen) atoms. The van der Waals surface area contributed by atoms with Crippen LogP contribution in [0.15, 0.2) is 28.9 Å². The summed E-state index contributed by atoms with van der Waals surface area (Å²) in [6, 6.07) is 3.44. The molecular weight excluding hydrogens is 238 g/mol. The number of nitrogens with zero attached hydrogens (tertiary/aromatic N) is 3. The first-order valence-corrected chi connectivity index (χ1v) is 5.31. The lowest BCUT2D eigenvalue weighted by atomic mass is 10.1. The van der Waals surface area contributed by atoms with Crippen molar-refractivity contribution in [2.45, 2.75) is 19.4 Å². The van der Waals surface area contributed by atoms with E-state index in [2.05, 4.69) is 5.10 Å². The maximum atomic E-state index is 10.6. The summed E-state index contributed by atoms with van der Waals surface area (Å²) >= 11 is 0. The van der Waals surface area contributed by atoms with Crippen LogP contribution in [0.5, 0.6) is 0 Å². The topological polar surface area (TPSA) is 91.2 Å². The number of aromatic nitrogens is 2. The third kappa shape index (κ3) is 2.45. The number of rotatable bonds is 5. The van der Waals surface area contributed by atoms with Crippen LogP contribution in [-0.4, -0.2) is 21.0 Å². The number of hydrogen-bond donors (Lipinski definition) is 0. The molecule has 0 aliphatic rings. The van der Waals surface area contributed by atoms with E-state index in [1.807, 2.05) is 0 Å². The van der Waals surface area contributed by atoms with Crippen LogP contribution in [0, 0.1) is 10.1 Å².